The molecule has 9 aromatic rings. The number of aromatic nitrogens is 1. The van der Waals surface area contributed by atoms with Crippen LogP contribution in [0.15, 0.2) is 188 Å². The van der Waals surface area contributed by atoms with Crippen LogP contribution in [-0.4, -0.2) is 4.57 Å². The second-order valence-electron chi connectivity index (χ2n) is 17.1. The van der Waals surface area contributed by atoms with Crippen LogP contribution in [0.1, 0.15) is 51.3 Å². The van der Waals surface area contributed by atoms with Gasteiger partial charge in [-0.1, -0.05) is 168 Å². The van der Waals surface area contributed by atoms with Crippen LogP contribution in [0.5, 0.6) is 0 Å². The number of para-hydroxylation sites is 1. The third-order valence-electron chi connectivity index (χ3n) is 12.1. The van der Waals surface area contributed by atoms with Crippen molar-refractivity contribution >= 4 is 38.9 Å². The highest BCUT2D eigenvalue weighted by atomic mass is 15.1. The molecule has 1 aliphatic rings. The van der Waals surface area contributed by atoms with Crippen molar-refractivity contribution in [1.29, 1.82) is 0 Å². The van der Waals surface area contributed by atoms with Crippen LogP contribution in [0.2, 0.25) is 0 Å². The van der Waals surface area contributed by atoms with Gasteiger partial charge in [0.25, 0.3) is 0 Å². The van der Waals surface area contributed by atoms with Crippen LogP contribution in [0.3, 0.4) is 0 Å². The Morgan fingerprint density at radius 3 is 1.65 bits per heavy atom. The van der Waals surface area contributed by atoms with Crippen LogP contribution in [0, 0.1) is 0 Å². The Morgan fingerprint density at radius 2 is 0.965 bits per heavy atom. The molecule has 1 heterocycles. The standard InChI is InChI=1S/C55H46N2/c1-54(2,3)50-33-39(37-17-9-6-10-18-37)26-32-51(50)56(42-27-30-45-44-23-15-16-24-48(44)55(4,5)49(45)35-42)43-28-31-47-46-29-25-40(38-19-11-7-12-20-38)34-52(46)57(53(47)36-43)41-21-13-8-14-22-41/h6-36H,1-5H3. The first-order valence-electron chi connectivity index (χ1n) is 20.1. The van der Waals surface area contributed by atoms with Gasteiger partial charge in [-0.15, -0.1) is 0 Å². The molecule has 8 aromatic carbocycles. The lowest BCUT2D eigenvalue weighted by Gasteiger charge is -2.33. The van der Waals surface area contributed by atoms with Crippen molar-refractivity contribution in [2.45, 2.75) is 45.4 Å². The van der Waals surface area contributed by atoms with Crippen LogP contribution in [-0.2, 0) is 10.8 Å². The van der Waals surface area contributed by atoms with Crippen molar-refractivity contribution < 1.29 is 0 Å². The van der Waals surface area contributed by atoms with Crippen molar-refractivity contribution in [1.82, 2.24) is 4.57 Å². The minimum atomic E-state index is -0.137. The number of benzene rings is 8. The van der Waals surface area contributed by atoms with Crippen molar-refractivity contribution in [2.24, 2.45) is 0 Å². The molecule has 0 N–H and O–H groups in total. The molecule has 10 rings (SSSR count). The van der Waals surface area contributed by atoms with Gasteiger partial charge in [0.05, 0.1) is 11.0 Å². The molecule has 0 unspecified atom stereocenters. The van der Waals surface area contributed by atoms with Crippen LogP contribution >= 0.6 is 0 Å². The fourth-order valence-corrected chi connectivity index (χ4v) is 9.21. The predicted octanol–water partition coefficient (Wildman–Crippen LogP) is 15.2. The highest BCUT2D eigenvalue weighted by molar-refractivity contribution is 6.11. The van der Waals surface area contributed by atoms with Crippen molar-refractivity contribution in [2.75, 3.05) is 4.90 Å². The summed E-state index contributed by atoms with van der Waals surface area (Å²) in [6.07, 6.45) is 0. The molecule has 2 heteroatoms. The molecule has 0 aliphatic heterocycles. The first-order valence-corrected chi connectivity index (χ1v) is 20.1. The average Bonchev–Trinajstić information content (AvgIpc) is 3.69. The Morgan fingerprint density at radius 1 is 0.439 bits per heavy atom. The SMILES string of the molecule is CC(C)(C)c1cc(-c2ccccc2)ccc1N(c1ccc2c(c1)C(C)(C)c1ccccc1-2)c1ccc2c3ccc(-c4ccccc4)cc3n(-c3ccccc3)c2c1. The highest BCUT2D eigenvalue weighted by Gasteiger charge is 2.36. The summed E-state index contributed by atoms with van der Waals surface area (Å²) in [4.78, 5) is 2.51. The molecule has 0 amide bonds. The van der Waals surface area contributed by atoms with Gasteiger partial charge in [0, 0.05) is 38.9 Å². The zero-order valence-corrected chi connectivity index (χ0v) is 33.3. The van der Waals surface area contributed by atoms with Crippen LogP contribution in [0.25, 0.3) is 60.9 Å². The van der Waals surface area contributed by atoms with Crippen LogP contribution < -0.4 is 4.90 Å². The lowest BCUT2D eigenvalue weighted by Crippen LogP contribution is -2.20. The number of nitrogens with zero attached hydrogens (tertiary/aromatic N) is 2. The molecule has 0 bridgehead atoms. The average molecular weight is 735 g/mol. The number of hydrogen-bond acceptors (Lipinski definition) is 1. The summed E-state index contributed by atoms with van der Waals surface area (Å²) in [5.74, 6) is 0. The van der Waals surface area contributed by atoms with E-state index in [-0.39, 0.29) is 10.8 Å². The third kappa shape index (κ3) is 5.78. The molecule has 1 aromatic heterocycles. The van der Waals surface area contributed by atoms with E-state index in [2.05, 4.69) is 232 Å². The van der Waals surface area contributed by atoms with Gasteiger partial charge >= 0.3 is 0 Å². The van der Waals surface area contributed by atoms with Gasteiger partial charge in [0.1, 0.15) is 0 Å². The monoisotopic (exact) mass is 734 g/mol. The van der Waals surface area contributed by atoms with Gasteiger partial charge in [-0.2, -0.15) is 0 Å². The molecule has 0 saturated heterocycles. The first kappa shape index (κ1) is 34.8. The second kappa shape index (κ2) is 13.2. The number of anilines is 3. The number of fused-ring (bicyclic) bond motifs is 6. The van der Waals surface area contributed by atoms with E-state index in [4.69, 9.17) is 0 Å². The smallest absolute Gasteiger partial charge is 0.0561 e. The van der Waals surface area contributed by atoms with Crippen molar-refractivity contribution in [3.8, 4) is 39.1 Å². The van der Waals surface area contributed by atoms with Gasteiger partial charge in [0.15, 0.2) is 0 Å². The van der Waals surface area contributed by atoms with Crippen molar-refractivity contribution in [3.05, 3.63) is 205 Å². The van der Waals surface area contributed by atoms with Gasteiger partial charge in [-0.05, 0) is 110 Å². The highest BCUT2D eigenvalue weighted by Crippen LogP contribution is 2.52. The van der Waals surface area contributed by atoms with Gasteiger partial charge in [-0.25, -0.2) is 0 Å². The van der Waals surface area contributed by atoms with E-state index in [1.54, 1.807) is 0 Å². The Bertz CT molecular complexity index is 2950. The Balaban J connectivity index is 1.24. The fraction of sp³-hybridized carbons (Fsp3) is 0.127. The maximum absolute atomic E-state index is 2.51. The predicted molar refractivity (Wildman–Crippen MR) is 243 cm³/mol. The summed E-state index contributed by atoms with van der Waals surface area (Å²) in [5, 5.41) is 2.48. The summed E-state index contributed by atoms with van der Waals surface area (Å²) in [6, 6.07) is 69.4. The quantitative estimate of drug-likeness (QED) is 0.165. The maximum atomic E-state index is 2.51. The molecular formula is C55H46N2. The van der Waals surface area contributed by atoms with E-state index >= 15 is 0 Å². The van der Waals surface area contributed by atoms with E-state index in [1.165, 1.54) is 77.6 Å². The molecule has 0 saturated carbocycles. The van der Waals surface area contributed by atoms with E-state index in [9.17, 15) is 0 Å². The zero-order chi connectivity index (χ0) is 38.9. The summed E-state index contributed by atoms with van der Waals surface area (Å²) in [7, 11) is 0. The molecule has 0 spiro atoms. The Kier molecular flexibility index (Phi) is 8.09. The second-order valence-corrected chi connectivity index (χ2v) is 17.1. The van der Waals surface area contributed by atoms with E-state index < -0.39 is 0 Å². The molecule has 1 aliphatic carbocycles. The van der Waals surface area contributed by atoms with Gasteiger partial charge < -0.3 is 9.47 Å². The van der Waals surface area contributed by atoms with Crippen LogP contribution in [0.4, 0.5) is 17.1 Å². The summed E-state index contributed by atoms with van der Waals surface area (Å²) in [6.45, 7) is 11.7. The zero-order valence-electron chi connectivity index (χ0n) is 33.3. The molecule has 2 nitrogen and oxygen atoms in total. The largest absolute Gasteiger partial charge is 0.310 e. The third-order valence-corrected chi connectivity index (χ3v) is 12.1. The first-order chi connectivity index (χ1) is 27.7. The summed E-state index contributed by atoms with van der Waals surface area (Å²) in [5.41, 5.74) is 18.3. The van der Waals surface area contributed by atoms with Gasteiger partial charge in [0.2, 0.25) is 0 Å². The molecule has 57 heavy (non-hydrogen) atoms. The molecule has 0 radical (unpaired) electrons. The van der Waals surface area contributed by atoms with E-state index in [0.717, 1.165) is 17.1 Å². The Labute approximate surface area is 336 Å². The van der Waals surface area contributed by atoms with Gasteiger partial charge in [-0.3, -0.25) is 0 Å². The molecule has 276 valence electrons. The maximum Gasteiger partial charge on any atom is 0.0561 e. The lowest BCUT2D eigenvalue weighted by molar-refractivity contribution is 0.591. The normalized spacial score (nSPS) is 13.1. The fourth-order valence-electron chi connectivity index (χ4n) is 9.21. The number of rotatable bonds is 6. The van der Waals surface area contributed by atoms with E-state index in [1.807, 2.05) is 0 Å². The topological polar surface area (TPSA) is 8.17 Å². The van der Waals surface area contributed by atoms with Crippen molar-refractivity contribution in [3.63, 3.8) is 0 Å². The molecular weight excluding hydrogens is 689 g/mol. The molecule has 0 fully saturated rings. The minimum Gasteiger partial charge on any atom is -0.310 e. The summed E-state index contributed by atoms with van der Waals surface area (Å²) < 4.78 is 2.45. The Hall–Kier alpha value is -6.64. The minimum absolute atomic E-state index is 0.127. The molecule has 0 atom stereocenters. The lowest BCUT2D eigenvalue weighted by atomic mass is 9.82. The number of hydrogen-bond donors (Lipinski definition) is 0. The van der Waals surface area contributed by atoms with E-state index in [0.29, 0.717) is 0 Å². The summed E-state index contributed by atoms with van der Waals surface area (Å²) >= 11 is 0.